The summed E-state index contributed by atoms with van der Waals surface area (Å²) in [4.78, 5) is 28.7. The number of halogens is 2. The highest BCUT2D eigenvalue weighted by Crippen LogP contribution is 2.13. The third kappa shape index (κ3) is 6.21. The zero-order valence-electron chi connectivity index (χ0n) is 15.1. The van der Waals surface area contributed by atoms with Crippen LogP contribution in [0.5, 0.6) is 0 Å². The molecule has 1 unspecified atom stereocenters. The van der Waals surface area contributed by atoms with E-state index in [-0.39, 0.29) is 54.8 Å². The molecule has 0 aliphatic carbocycles. The Kier molecular flexibility index (Phi) is 10.1. The zero-order valence-corrected chi connectivity index (χ0v) is 16.8. The Morgan fingerprint density at radius 2 is 1.96 bits per heavy atom. The Labute approximate surface area is 167 Å². The number of nitrogens with zero attached hydrogens (tertiary/aromatic N) is 2. The molecule has 3 aliphatic heterocycles. The number of carbonyl (C=O) groups is 2. The molecule has 3 atom stereocenters. The number of hydrogen-bond donors (Lipinski definition) is 2. The zero-order chi connectivity index (χ0) is 16.9. The van der Waals surface area contributed by atoms with Gasteiger partial charge in [-0.05, 0) is 6.92 Å². The van der Waals surface area contributed by atoms with Crippen LogP contribution in [0.25, 0.3) is 0 Å². The van der Waals surface area contributed by atoms with Crippen LogP contribution in [0.2, 0.25) is 0 Å². The van der Waals surface area contributed by atoms with Gasteiger partial charge in [0, 0.05) is 45.7 Å². The van der Waals surface area contributed by atoms with Crippen molar-refractivity contribution in [1.29, 1.82) is 0 Å². The largest absolute Gasteiger partial charge is 0.379 e. The number of hydrogen-bond acceptors (Lipinski definition) is 6. The minimum atomic E-state index is -0.337. The lowest BCUT2D eigenvalue weighted by atomic mass is 10.1. The lowest BCUT2D eigenvalue weighted by Gasteiger charge is -2.30. The minimum Gasteiger partial charge on any atom is -0.379 e. The fourth-order valence-corrected chi connectivity index (χ4v) is 3.49. The van der Waals surface area contributed by atoms with Crippen molar-refractivity contribution in [2.45, 2.75) is 31.5 Å². The number of nitrogens with one attached hydrogen (secondary N) is 2. The van der Waals surface area contributed by atoms with Crippen molar-refractivity contribution >= 4 is 36.6 Å². The van der Waals surface area contributed by atoms with Crippen LogP contribution in [-0.4, -0.2) is 98.9 Å². The van der Waals surface area contributed by atoms with E-state index < -0.39 is 0 Å². The maximum Gasteiger partial charge on any atom is 0.240 e. The first-order chi connectivity index (χ1) is 11.6. The van der Waals surface area contributed by atoms with Gasteiger partial charge in [0.15, 0.2) is 0 Å². The topological polar surface area (TPSA) is 83.1 Å². The van der Waals surface area contributed by atoms with Crippen molar-refractivity contribution in [3.05, 3.63) is 0 Å². The Hall–Kier alpha value is -0.640. The molecule has 2 N–H and O–H groups in total. The molecular weight excluding hydrogens is 383 g/mol. The minimum absolute atomic E-state index is 0. The Bertz CT molecular complexity index is 466. The molecule has 3 fully saturated rings. The molecule has 10 heteroatoms. The van der Waals surface area contributed by atoms with Crippen LogP contribution in [0, 0.1) is 0 Å². The third-order valence-corrected chi connectivity index (χ3v) is 4.95. The highest BCUT2D eigenvalue weighted by molar-refractivity contribution is 5.86. The first-order valence-corrected chi connectivity index (χ1v) is 8.87. The van der Waals surface area contributed by atoms with Gasteiger partial charge in [-0.25, -0.2) is 0 Å². The molecule has 3 heterocycles. The van der Waals surface area contributed by atoms with Crippen LogP contribution in [0.1, 0.15) is 13.3 Å². The molecule has 3 aliphatic rings. The number of morpholine rings is 2. The number of carbonyl (C=O) groups excluding carboxylic acids is 2. The number of ether oxygens (including phenoxy) is 2. The van der Waals surface area contributed by atoms with Crippen LogP contribution >= 0.6 is 24.8 Å². The van der Waals surface area contributed by atoms with E-state index in [1.807, 2.05) is 11.8 Å². The van der Waals surface area contributed by atoms with E-state index in [1.165, 1.54) is 0 Å². The van der Waals surface area contributed by atoms with Gasteiger partial charge in [-0.3, -0.25) is 14.5 Å². The predicted molar refractivity (Wildman–Crippen MR) is 102 cm³/mol. The number of likely N-dealkylation sites (tertiary alicyclic amines) is 1. The molecule has 3 saturated heterocycles. The molecule has 0 aromatic heterocycles. The average molecular weight is 413 g/mol. The Balaban J connectivity index is 0.00000169. The van der Waals surface area contributed by atoms with Crippen molar-refractivity contribution in [1.82, 2.24) is 20.4 Å². The molecule has 0 aromatic carbocycles. The first-order valence-electron chi connectivity index (χ1n) is 8.87. The van der Waals surface area contributed by atoms with Crippen LogP contribution in [0.15, 0.2) is 0 Å². The van der Waals surface area contributed by atoms with Crippen molar-refractivity contribution in [2.24, 2.45) is 0 Å². The van der Waals surface area contributed by atoms with E-state index in [0.29, 0.717) is 32.7 Å². The van der Waals surface area contributed by atoms with E-state index in [1.54, 1.807) is 0 Å². The molecular formula is C16H30Cl2N4O4. The highest BCUT2D eigenvalue weighted by Gasteiger charge is 2.34. The van der Waals surface area contributed by atoms with Gasteiger partial charge in [-0.2, -0.15) is 0 Å². The highest BCUT2D eigenvalue weighted by atomic mass is 35.5. The van der Waals surface area contributed by atoms with Crippen LogP contribution in [-0.2, 0) is 19.1 Å². The molecule has 26 heavy (non-hydrogen) atoms. The van der Waals surface area contributed by atoms with E-state index >= 15 is 0 Å². The maximum atomic E-state index is 12.4. The Morgan fingerprint density at radius 1 is 1.23 bits per heavy atom. The molecule has 0 radical (unpaired) electrons. The second kappa shape index (κ2) is 11.3. The summed E-state index contributed by atoms with van der Waals surface area (Å²) in [6.07, 6.45) is 0.241. The number of amides is 2. The fourth-order valence-electron chi connectivity index (χ4n) is 3.49. The summed E-state index contributed by atoms with van der Waals surface area (Å²) in [6.45, 7) is 8.75. The van der Waals surface area contributed by atoms with E-state index in [4.69, 9.17) is 9.47 Å². The summed E-state index contributed by atoms with van der Waals surface area (Å²) in [5, 5.41) is 6.18. The maximum absolute atomic E-state index is 12.4. The first kappa shape index (κ1) is 23.4. The van der Waals surface area contributed by atoms with Gasteiger partial charge in [0.25, 0.3) is 0 Å². The van der Waals surface area contributed by atoms with Crippen molar-refractivity contribution in [2.75, 3.05) is 59.1 Å². The van der Waals surface area contributed by atoms with Crippen molar-refractivity contribution < 1.29 is 19.1 Å². The predicted octanol–water partition coefficient (Wildman–Crippen LogP) is -0.744. The summed E-state index contributed by atoms with van der Waals surface area (Å²) in [6, 6.07) is -0.443. The summed E-state index contributed by atoms with van der Waals surface area (Å²) in [5.41, 5.74) is 0. The molecule has 0 spiro atoms. The van der Waals surface area contributed by atoms with Gasteiger partial charge in [-0.15, -0.1) is 24.8 Å². The second-order valence-electron chi connectivity index (χ2n) is 6.71. The summed E-state index contributed by atoms with van der Waals surface area (Å²) < 4.78 is 10.8. The van der Waals surface area contributed by atoms with Crippen molar-refractivity contribution in [3.8, 4) is 0 Å². The van der Waals surface area contributed by atoms with E-state index in [9.17, 15) is 9.59 Å². The summed E-state index contributed by atoms with van der Waals surface area (Å²) in [5.74, 6) is 0.0458. The summed E-state index contributed by atoms with van der Waals surface area (Å²) in [7, 11) is 0. The lowest BCUT2D eigenvalue weighted by Crippen LogP contribution is -2.57. The smallest absolute Gasteiger partial charge is 0.240 e. The van der Waals surface area contributed by atoms with Crippen LogP contribution in [0.4, 0.5) is 0 Å². The third-order valence-electron chi connectivity index (χ3n) is 4.95. The average Bonchev–Trinajstić information content (AvgIpc) is 2.93. The molecule has 0 bridgehead atoms. The van der Waals surface area contributed by atoms with Gasteiger partial charge < -0.3 is 25.0 Å². The molecule has 8 nitrogen and oxygen atoms in total. The van der Waals surface area contributed by atoms with Crippen LogP contribution < -0.4 is 10.6 Å². The quantitative estimate of drug-likeness (QED) is 0.618. The lowest BCUT2D eigenvalue weighted by molar-refractivity contribution is -0.129. The van der Waals surface area contributed by atoms with Gasteiger partial charge in [0.1, 0.15) is 6.04 Å². The van der Waals surface area contributed by atoms with Gasteiger partial charge >= 0.3 is 0 Å². The monoisotopic (exact) mass is 412 g/mol. The van der Waals surface area contributed by atoms with Gasteiger partial charge in [0.2, 0.25) is 11.8 Å². The molecule has 152 valence electrons. The van der Waals surface area contributed by atoms with Gasteiger partial charge in [0.05, 0.1) is 32.0 Å². The van der Waals surface area contributed by atoms with E-state index in [0.717, 1.165) is 32.8 Å². The Morgan fingerprint density at radius 3 is 2.65 bits per heavy atom. The molecule has 2 amide bonds. The molecule has 0 saturated carbocycles. The van der Waals surface area contributed by atoms with Crippen molar-refractivity contribution in [3.63, 3.8) is 0 Å². The normalized spacial score (nSPS) is 29.7. The van der Waals surface area contributed by atoms with Crippen LogP contribution in [0.3, 0.4) is 0 Å². The molecule has 0 aromatic rings. The van der Waals surface area contributed by atoms with Gasteiger partial charge in [-0.1, -0.05) is 0 Å². The standard InChI is InChI=1S/C16H28N4O4.2ClH/c1-12-15(17-2-7-24-12)16(22)18-13-10-14(21)20(11-13)4-3-19-5-8-23-9-6-19;;/h12-13,15,17H,2-11H2,1H3,(H,18,22);2*1H/t12-,13?,15+;;/m1../s1. The fraction of sp³-hybridized carbons (Fsp3) is 0.875. The summed E-state index contributed by atoms with van der Waals surface area (Å²) >= 11 is 0. The number of rotatable bonds is 5. The SMILES string of the molecule is C[C@H]1OCCN[C@@H]1C(=O)NC1CC(=O)N(CCN2CCOCC2)C1.Cl.Cl. The van der Waals surface area contributed by atoms with E-state index in [2.05, 4.69) is 15.5 Å². The molecule has 3 rings (SSSR count). The second-order valence-corrected chi connectivity index (χ2v) is 6.71.